The highest BCUT2D eigenvalue weighted by atomic mass is 79.9. The number of aliphatic hydroxyl groups is 2. The van der Waals surface area contributed by atoms with E-state index in [1.807, 2.05) is 0 Å². The molecule has 2 unspecified atom stereocenters. The molecule has 0 radical (unpaired) electrons. The van der Waals surface area contributed by atoms with Crippen LogP contribution in [0.15, 0.2) is 22.7 Å². The third kappa shape index (κ3) is 4.28. The van der Waals surface area contributed by atoms with Crippen molar-refractivity contribution in [1.29, 1.82) is 0 Å². The third-order valence-electron chi connectivity index (χ3n) is 2.35. The van der Waals surface area contributed by atoms with Crippen molar-refractivity contribution < 1.29 is 19.7 Å². The first-order valence-corrected chi connectivity index (χ1v) is 7.06. The van der Waals surface area contributed by atoms with Crippen molar-refractivity contribution in [2.75, 3.05) is 12.9 Å². The zero-order valence-electron chi connectivity index (χ0n) is 10.1. The van der Waals surface area contributed by atoms with Crippen molar-refractivity contribution >= 4 is 32.8 Å². The van der Waals surface area contributed by atoms with E-state index < -0.39 is 12.2 Å². The van der Waals surface area contributed by atoms with Crippen molar-refractivity contribution in [3.8, 4) is 5.75 Å². The summed E-state index contributed by atoms with van der Waals surface area (Å²) < 4.78 is 5.70. The summed E-state index contributed by atoms with van der Waals surface area (Å²) in [7, 11) is 1.55. The SMILES string of the molecule is COc1ccc(C(O)C(O)CSC(C)=O)c(Br)c1. The smallest absolute Gasteiger partial charge is 0.185 e. The first kappa shape index (κ1) is 15.5. The van der Waals surface area contributed by atoms with E-state index in [1.54, 1.807) is 25.3 Å². The van der Waals surface area contributed by atoms with Crippen LogP contribution in [0, 0.1) is 0 Å². The molecule has 0 aliphatic rings. The summed E-state index contributed by atoms with van der Waals surface area (Å²) in [5.74, 6) is 0.819. The van der Waals surface area contributed by atoms with Crippen molar-refractivity contribution in [2.24, 2.45) is 0 Å². The van der Waals surface area contributed by atoms with Gasteiger partial charge in [-0.05, 0) is 17.7 Å². The van der Waals surface area contributed by atoms with Crippen LogP contribution in [-0.2, 0) is 4.79 Å². The second-order valence-corrected chi connectivity index (χ2v) is 5.75. The van der Waals surface area contributed by atoms with Crippen molar-refractivity contribution in [3.63, 3.8) is 0 Å². The Morgan fingerprint density at radius 3 is 2.67 bits per heavy atom. The van der Waals surface area contributed by atoms with Gasteiger partial charge < -0.3 is 14.9 Å². The molecule has 18 heavy (non-hydrogen) atoms. The van der Waals surface area contributed by atoms with E-state index in [0.29, 0.717) is 15.8 Å². The molecule has 0 bridgehead atoms. The minimum Gasteiger partial charge on any atom is -0.497 e. The zero-order valence-corrected chi connectivity index (χ0v) is 12.5. The van der Waals surface area contributed by atoms with Gasteiger partial charge in [0.05, 0.1) is 13.2 Å². The Bertz CT molecular complexity index is 425. The second-order valence-electron chi connectivity index (χ2n) is 3.70. The van der Waals surface area contributed by atoms with Gasteiger partial charge in [0.15, 0.2) is 5.12 Å². The van der Waals surface area contributed by atoms with Crippen LogP contribution < -0.4 is 4.74 Å². The lowest BCUT2D eigenvalue weighted by Gasteiger charge is -2.19. The molecular formula is C12H15BrO4S. The van der Waals surface area contributed by atoms with Gasteiger partial charge in [0.1, 0.15) is 11.9 Å². The molecule has 0 fully saturated rings. The Morgan fingerprint density at radius 2 is 2.17 bits per heavy atom. The van der Waals surface area contributed by atoms with Gasteiger partial charge >= 0.3 is 0 Å². The highest BCUT2D eigenvalue weighted by molar-refractivity contribution is 9.10. The van der Waals surface area contributed by atoms with E-state index >= 15 is 0 Å². The van der Waals surface area contributed by atoms with Gasteiger partial charge in [0.2, 0.25) is 0 Å². The number of carbonyl (C=O) groups is 1. The summed E-state index contributed by atoms with van der Waals surface area (Å²) in [5, 5.41) is 19.7. The maximum Gasteiger partial charge on any atom is 0.185 e. The van der Waals surface area contributed by atoms with Crippen LogP contribution in [0.4, 0.5) is 0 Å². The van der Waals surface area contributed by atoms with Crippen LogP contribution >= 0.6 is 27.7 Å². The molecule has 0 saturated carbocycles. The van der Waals surface area contributed by atoms with E-state index in [4.69, 9.17) is 4.74 Å². The first-order valence-electron chi connectivity index (χ1n) is 5.28. The van der Waals surface area contributed by atoms with E-state index in [2.05, 4.69) is 15.9 Å². The van der Waals surface area contributed by atoms with Crippen molar-refractivity contribution in [2.45, 2.75) is 19.1 Å². The molecule has 0 spiro atoms. The van der Waals surface area contributed by atoms with Crippen molar-refractivity contribution in [3.05, 3.63) is 28.2 Å². The van der Waals surface area contributed by atoms with Crippen LogP contribution in [0.5, 0.6) is 5.75 Å². The fourth-order valence-electron chi connectivity index (χ4n) is 1.38. The summed E-state index contributed by atoms with van der Waals surface area (Å²) in [5.41, 5.74) is 0.562. The monoisotopic (exact) mass is 334 g/mol. The third-order valence-corrected chi connectivity index (χ3v) is 3.95. The number of halogens is 1. The maximum absolute atomic E-state index is 10.8. The lowest BCUT2D eigenvalue weighted by molar-refractivity contribution is -0.109. The first-order chi connectivity index (χ1) is 8.45. The molecule has 0 amide bonds. The van der Waals surface area contributed by atoms with E-state index in [-0.39, 0.29) is 10.9 Å². The second kappa shape index (κ2) is 7.13. The highest BCUT2D eigenvalue weighted by Gasteiger charge is 2.21. The molecule has 4 nitrogen and oxygen atoms in total. The number of carbonyl (C=O) groups excluding carboxylic acids is 1. The number of rotatable bonds is 5. The minimum absolute atomic E-state index is 0.0879. The average Bonchev–Trinajstić information content (AvgIpc) is 2.34. The number of benzene rings is 1. The topological polar surface area (TPSA) is 66.8 Å². The molecule has 1 rings (SSSR count). The number of thioether (sulfide) groups is 1. The van der Waals surface area contributed by atoms with Gasteiger partial charge in [-0.3, -0.25) is 4.79 Å². The predicted molar refractivity (Wildman–Crippen MR) is 74.8 cm³/mol. The molecular weight excluding hydrogens is 320 g/mol. The number of hydrogen-bond acceptors (Lipinski definition) is 5. The summed E-state index contributed by atoms with van der Waals surface area (Å²) in [6.45, 7) is 1.42. The zero-order chi connectivity index (χ0) is 13.7. The number of hydrogen-bond donors (Lipinski definition) is 2. The van der Waals surface area contributed by atoms with E-state index in [0.717, 1.165) is 11.8 Å². The number of methoxy groups -OCH3 is 1. The molecule has 0 aromatic heterocycles. The molecule has 100 valence electrons. The fourth-order valence-corrected chi connectivity index (χ4v) is 2.56. The van der Waals surface area contributed by atoms with Gasteiger partial charge in [0, 0.05) is 17.1 Å². The molecule has 0 heterocycles. The van der Waals surface area contributed by atoms with Crippen molar-refractivity contribution in [1.82, 2.24) is 0 Å². The Balaban J connectivity index is 2.76. The molecule has 6 heteroatoms. The minimum atomic E-state index is -1.04. The summed E-state index contributed by atoms with van der Waals surface area (Å²) in [6, 6.07) is 5.09. The molecule has 0 saturated heterocycles. The summed E-state index contributed by atoms with van der Waals surface area (Å²) >= 11 is 4.30. The van der Waals surface area contributed by atoms with Gasteiger partial charge in [-0.1, -0.05) is 33.8 Å². The lowest BCUT2D eigenvalue weighted by Crippen LogP contribution is -2.21. The van der Waals surface area contributed by atoms with Gasteiger partial charge in [-0.2, -0.15) is 0 Å². The molecule has 1 aromatic carbocycles. The van der Waals surface area contributed by atoms with E-state index in [9.17, 15) is 15.0 Å². The maximum atomic E-state index is 10.8. The van der Waals surface area contributed by atoms with Crippen LogP contribution in [0.3, 0.4) is 0 Å². The van der Waals surface area contributed by atoms with Crippen LogP contribution in [0.1, 0.15) is 18.6 Å². The largest absolute Gasteiger partial charge is 0.497 e. The molecule has 1 aromatic rings. The molecule has 0 aliphatic carbocycles. The predicted octanol–water partition coefficient (Wildman–Crippen LogP) is 2.13. The Hall–Kier alpha value is -0.560. The molecule has 2 N–H and O–H groups in total. The van der Waals surface area contributed by atoms with Crippen LogP contribution in [0.25, 0.3) is 0 Å². The Morgan fingerprint density at radius 1 is 1.50 bits per heavy atom. The standard InChI is InChI=1S/C12H15BrO4S/c1-7(14)18-6-11(15)12(16)9-4-3-8(17-2)5-10(9)13/h3-5,11-12,15-16H,6H2,1-2H3. The number of ether oxygens (including phenoxy) is 1. The highest BCUT2D eigenvalue weighted by Crippen LogP contribution is 2.30. The summed E-state index contributed by atoms with van der Waals surface area (Å²) in [6.07, 6.45) is -2.04. The average molecular weight is 335 g/mol. The Labute approximate surface area is 118 Å². The quantitative estimate of drug-likeness (QED) is 0.863. The van der Waals surface area contributed by atoms with E-state index in [1.165, 1.54) is 6.92 Å². The van der Waals surface area contributed by atoms with Crippen LogP contribution in [0.2, 0.25) is 0 Å². The number of aliphatic hydroxyl groups excluding tert-OH is 2. The molecule has 2 atom stereocenters. The van der Waals surface area contributed by atoms with Gasteiger partial charge in [-0.25, -0.2) is 0 Å². The van der Waals surface area contributed by atoms with Crippen LogP contribution in [-0.4, -0.2) is 34.3 Å². The van der Waals surface area contributed by atoms with Gasteiger partial charge in [0.25, 0.3) is 0 Å². The Kier molecular flexibility index (Phi) is 6.14. The fraction of sp³-hybridized carbons (Fsp3) is 0.417. The summed E-state index contributed by atoms with van der Waals surface area (Å²) in [4.78, 5) is 10.8. The lowest BCUT2D eigenvalue weighted by atomic mass is 10.1. The van der Waals surface area contributed by atoms with Gasteiger partial charge in [-0.15, -0.1) is 0 Å². The normalized spacial score (nSPS) is 14.1. The molecule has 0 aliphatic heterocycles.